The lowest BCUT2D eigenvalue weighted by Gasteiger charge is -2.17. The molecular weight excluding hydrogens is 228 g/mol. The van der Waals surface area contributed by atoms with Crippen LogP contribution in [0.25, 0.3) is 11.6 Å². The fourth-order valence-corrected chi connectivity index (χ4v) is 3.16. The van der Waals surface area contributed by atoms with Crippen LogP contribution in [0.1, 0.15) is 47.1 Å². The van der Waals surface area contributed by atoms with Crippen LogP contribution in [0.15, 0.2) is 42.5 Å². The van der Waals surface area contributed by atoms with Gasteiger partial charge in [-0.15, -0.1) is 0 Å². The maximum Gasteiger partial charge on any atom is 0.00989 e. The molecule has 0 saturated carbocycles. The van der Waals surface area contributed by atoms with Crippen molar-refractivity contribution < 1.29 is 0 Å². The molecule has 0 aliphatic heterocycles. The van der Waals surface area contributed by atoms with Gasteiger partial charge in [0.1, 0.15) is 0 Å². The van der Waals surface area contributed by atoms with Crippen molar-refractivity contribution in [3.63, 3.8) is 0 Å². The highest BCUT2D eigenvalue weighted by molar-refractivity contribution is 5.92. The monoisotopic (exact) mass is 248 g/mol. The van der Waals surface area contributed by atoms with E-state index in [-0.39, 0.29) is 0 Å². The number of allylic oxidation sites excluding steroid dienone is 1. The third kappa shape index (κ3) is 1.92. The lowest BCUT2D eigenvalue weighted by Crippen LogP contribution is -1.99. The molecule has 3 rings (SSSR count). The Hall–Kier alpha value is -1.82. The minimum atomic E-state index is 0.552. The van der Waals surface area contributed by atoms with E-state index in [1.807, 2.05) is 0 Å². The van der Waals surface area contributed by atoms with E-state index in [1.165, 1.54) is 33.4 Å². The summed E-state index contributed by atoms with van der Waals surface area (Å²) in [6, 6.07) is 15.4. The summed E-state index contributed by atoms with van der Waals surface area (Å²) in [5.41, 5.74) is 8.59. The number of hydrogen-bond acceptors (Lipinski definition) is 0. The zero-order chi connectivity index (χ0) is 13.4. The van der Waals surface area contributed by atoms with Crippen LogP contribution in [0.2, 0.25) is 0 Å². The molecule has 2 aromatic rings. The van der Waals surface area contributed by atoms with Gasteiger partial charge in [-0.3, -0.25) is 0 Å². The second-order valence-corrected chi connectivity index (χ2v) is 5.44. The normalized spacial score (nSPS) is 17.2. The molecule has 96 valence electrons. The maximum atomic E-state index is 2.38. The highest BCUT2D eigenvalue weighted by Crippen LogP contribution is 2.44. The Labute approximate surface area is 115 Å². The lowest BCUT2D eigenvalue weighted by atomic mass is 9.86. The summed E-state index contributed by atoms with van der Waals surface area (Å²) in [6.07, 6.45) is 3.54. The van der Waals surface area contributed by atoms with E-state index >= 15 is 0 Å². The predicted octanol–water partition coefficient (Wildman–Crippen LogP) is 5.35. The number of fused-ring (bicyclic) bond motifs is 1. The first kappa shape index (κ1) is 12.2. The van der Waals surface area contributed by atoms with E-state index in [9.17, 15) is 0 Å². The van der Waals surface area contributed by atoms with Gasteiger partial charge in [-0.2, -0.15) is 0 Å². The predicted molar refractivity (Wildman–Crippen MR) is 83.3 cm³/mol. The summed E-state index contributed by atoms with van der Waals surface area (Å²) in [5, 5.41) is 0. The van der Waals surface area contributed by atoms with Gasteiger partial charge in [0.15, 0.2) is 0 Å². The first-order valence-corrected chi connectivity index (χ1v) is 7.09. The van der Waals surface area contributed by atoms with Gasteiger partial charge in [0.05, 0.1) is 0 Å². The summed E-state index contributed by atoms with van der Waals surface area (Å²) in [5.74, 6) is 0.552. The van der Waals surface area contributed by atoms with Crippen LogP contribution < -0.4 is 0 Å². The van der Waals surface area contributed by atoms with Crippen LogP contribution in [-0.4, -0.2) is 0 Å². The third-order valence-corrected chi connectivity index (χ3v) is 4.38. The quantitative estimate of drug-likeness (QED) is 0.672. The van der Waals surface area contributed by atoms with Gasteiger partial charge in [0.2, 0.25) is 0 Å². The van der Waals surface area contributed by atoms with Crippen molar-refractivity contribution in [2.24, 2.45) is 0 Å². The molecule has 0 radical (unpaired) electrons. The van der Waals surface area contributed by atoms with Crippen LogP contribution in [-0.2, 0) is 0 Å². The molecule has 0 fully saturated rings. The van der Waals surface area contributed by atoms with E-state index in [0.717, 1.165) is 6.42 Å². The number of benzene rings is 2. The Morgan fingerprint density at radius 3 is 2.53 bits per heavy atom. The molecule has 0 spiro atoms. The first-order chi connectivity index (χ1) is 9.22. The molecule has 2 aromatic carbocycles. The minimum absolute atomic E-state index is 0.552. The summed E-state index contributed by atoms with van der Waals surface area (Å²) >= 11 is 0. The van der Waals surface area contributed by atoms with Crippen molar-refractivity contribution in [3.05, 3.63) is 70.3 Å². The summed E-state index contributed by atoms with van der Waals surface area (Å²) in [6.45, 7) is 6.72. The van der Waals surface area contributed by atoms with Gasteiger partial charge >= 0.3 is 0 Å². The fraction of sp³-hybridized carbons (Fsp3) is 0.263. The molecule has 19 heavy (non-hydrogen) atoms. The van der Waals surface area contributed by atoms with Crippen molar-refractivity contribution in [2.45, 2.75) is 33.1 Å². The van der Waals surface area contributed by atoms with Crippen molar-refractivity contribution >= 4 is 11.6 Å². The van der Waals surface area contributed by atoms with Crippen LogP contribution in [0.4, 0.5) is 0 Å². The van der Waals surface area contributed by atoms with Gasteiger partial charge in [0, 0.05) is 5.92 Å². The van der Waals surface area contributed by atoms with E-state index in [2.05, 4.69) is 69.3 Å². The molecule has 0 saturated heterocycles. The Morgan fingerprint density at radius 2 is 1.74 bits per heavy atom. The number of hydrogen-bond donors (Lipinski definition) is 0. The van der Waals surface area contributed by atoms with Crippen molar-refractivity contribution in [2.75, 3.05) is 0 Å². The molecule has 1 aliphatic rings. The second kappa shape index (κ2) is 4.70. The Balaban J connectivity index is 2.15. The van der Waals surface area contributed by atoms with Gasteiger partial charge in [-0.1, -0.05) is 55.5 Å². The molecule has 0 N–H and O–H groups in total. The number of aryl methyl sites for hydroxylation is 1. The smallest absolute Gasteiger partial charge is 0.00989 e. The highest BCUT2D eigenvalue weighted by atomic mass is 14.3. The standard InChI is InChI=1S/C19H20/c1-4-16-18-10-6-5-9-15(18)12-19(16)17-11-7-8-13(2)14(17)3/h5-12,16H,4H2,1-3H3. The highest BCUT2D eigenvalue weighted by Gasteiger charge is 2.25. The van der Waals surface area contributed by atoms with Gasteiger partial charge in [-0.05, 0) is 53.7 Å². The van der Waals surface area contributed by atoms with Crippen LogP contribution >= 0.6 is 0 Å². The van der Waals surface area contributed by atoms with Gasteiger partial charge < -0.3 is 0 Å². The molecular formula is C19H20. The van der Waals surface area contributed by atoms with E-state index in [0.29, 0.717) is 5.92 Å². The lowest BCUT2D eigenvalue weighted by molar-refractivity contribution is 0.833. The fourth-order valence-electron chi connectivity index (χ4n) is 3.16. The van der Waals surface area contributed by atoms with Crippen molar-refractivity contribution in [1.82, 2.24) is 0 Å². The number of rotatable bonds is 2. The molecule has 0 heterocycles. The minimum Gasteiger partial charge on any atom is -0.0645 e. The second-order valence-electron chi connectivity index (χ2n) is 5.44. The molecule has 0 heteroatoms. The zero-order valence-corrected chi connectivity index (χ0v) is 11.9. The van der Waals surface area contributed by atoms with E-state index in [4.69, 9.17) is 0 Å². The van der Waals surface area contributed by atoms with Crippen molar-refractivity contribution in [3.8, 4) is 0 Å². The van der Waals surface area contributed by atoms with Gasteiger partial charge in [0.25, 0.3) is 0 Å². The molecule has 1 unspecified atom stereocenters. The molecule has 0 bridgehead atoms. The van der Waals surface area contributed by atoms with Crippen molar-refractivity contribution in [1.29, 1.82) is 0 Å². The Kier molecular flexibility index (Phi) is 3.02. The Morgan fingerprint density at radius 1 is 0.947 bits per heavy atom. The molecule has 0 nitrogen and oxygen atoms in total. The summed E-state index contributed by atoms with van der Waals surface area (Å²) in [4.78, 5) is 0. The molecule has 1 aliphatic carbocycles. The van der Waals surface area contributed by atoms with E-state index < -0.39 is 0 Å². The average molecular weight is 248 g/mol. The topological polar surface area (TPSA) is 0 Å². The SMILES string of the molecule is CCC1C(c2cccc(C)c2C)=Cc2ccccc21. The molecule has 0 aromatic heterocycles. The maximum absolute atomic E-state index is 2.38. The first-order valence-electron chi connectivity index (χ1n) is 7.09. The third-order valence-electron chi connectivity index (χ3n) is 4.38. The van der Waals surface area contributed by atoms with Crippen LogP contribution in [0.5, 0.6) is 0 Å². The molecule has 1 atom stereocenters. The van der Waals surface area contributed by atoms with Crippen LogP contribution in [0, 0.1) is 13.8 Å². The largest absolute Gasteiger partial charge is 0.0645 e. The van der Waals surface area contributed by atoms with E-state index in [1.54, 1.807) is 0 Å². The van der Waals surface area contributed by atoms with Gasteiger partial charge in [-0.25, -0.2) is 0 Å². The zero-order valence-electron chi connectivity index (χ0n) is 11.9. The average Bonchev–Trinajstić information content (AvgIpc) is 2.80. The summed E-state index contributed by atoms with van der Waals surface area (Å²) in [7, 11) is 0. The van der Waals surface area contributed by atoms with Crippen LogP contribution in [0.3, 0.4) is 0 Å². The summed E-state index contributed by atoms with van der Waals surface area (Å²) < 4.78 is 0. The Bertz CT molecular complexity index is 647. The molecule has 0 amide bonds.